The number of rotatable bonds is 4. The average Bonchev–Trinajstić information content (AvgIpc) is 2.10. The lowest BCUT2D eigenvalue weighted by molar-refractivity contribution is -0.135. The Kier molecular flexibility index (Phi) is 5.34. The van der Waals surface area contributed by atoms with Crippen molar-refractivity contribution in [2.75, 3.05) is 13.7 Å². The third-order valence-electron chi connectivity index (χ3n) is 0.993. The fraction of sp³-hybridized carbons (Fsp3) is 0.250. The van der Waals surface area contributed by atoms with Crippen LogP contribution in [0.5, 0.6) is 0 Å². The van der Waals surface area contributed by atoms with Gasteiger partial charge in [-0.1, -0.05) is 6.08 Å². The number of hydrogen-bond donors (Lipinski definition) is 1. The minimum absolute atomic E-state index is 0.347. The molecule has 4 heteroatoms. The second-order valence-corrected chi connectivity index (χ2v) is 1.89. The molecule has 0 aliphatic carbocycles. The first-order chi connectivity index (χ1) is 5.70. The lowest BCUT2D eigenvalue weighted by Crippen LogP contribution is -2.20. The Labute approximate surface area is 70.9 Å². The molecule has 66 valence electrons. The van der Waals surface area contributed by atoms with Gasteiger partial charge >= 0.3 is 5.97 Å². The molecule has 0 aliphatic rings. The molecule has 12 heavy (non-hydrogen) atoms. The Morgan fingerprint density at radius 1 is 1.50 bits per heavy atom. The average molecular weight is 169 g/mol. The van der Waals surface area contributed by atoms with E-state index in [4.69, 9.17) is 0 Å². The van der Waals surface area contributed by atoms with Crippen molar-refractivity contribution in [3.63, 3.8) is 0 Å². The summed E-state index contributed by atoms with van der Waals surface area (Å²) in [6.45, 7) is 3.79. The number of carbonyl (C=O) groups is 2. The molecule has 0 heterocycles. The van der Waals surface area contributed by atoms with Gasteiger partial charge in [0.1, 0.15) is 0 Å². The van der Waals surface area contributed by atoms with Crippen LogP contribution in [0, 0.1) is 0 Å². The van der Waals surface area contributed by atoms with Crippen LogP contribution < -0.4 is 5.32 Å². The lowest BCUT2D eigenvalue weighted by Gasteiger charge is -1.94. The van der Waals surface area contributed by atoms with Crippen molar-refractivity contribution in [1.82, 2.24) is 5.32 Å². The van der Waals surface area contributed by atoms with Gasteiger partial charge in [0.25, 0.3) is 0 Å². The molecule has 0 saturated heterocycles. The van der Waals surface area contributed by atoms with Crippen molar-refractivity contribution in [3.8, 4) is 0 Å². The fourth-order valence-corrected chi connectivity index (χ4v) is 0.443. The molecule has 0 spiro atoms. The molecule has 0 atom stereocenters. The quantitative estimate of drug-likeness (QED) is 0.366. The molecule has 4 nitrogen and oxygen atoms in total. The van der Waals surface area contributed by atoms with Crippen molar-refractivity contribution in [2.45, 2.75) is 0 Å². The van der Waals surface area contributed by atoms with Crippen molar-refractivity contribution >= 4 is 11.9 Å². The Balaban J connectivity index is 3.75. The molecular weight excluding hydrogens is 158 g/mol. The van der Waals surface area contributed by atoms with Crippen molar-refractivity contribution in [1.29, 1.82) is 0 Å². The summed E-state index contributed by atoms with van der Waals surface area (Å²) in [5.74, 6) is -0.899. The number of hydrogen-bond acceptors (Lipinski definition) is 3. The second-order valence-electron chi connectivity index (χ2n) is 1.89. The standard InChI is InChI=1S/C8H11NO3/c1-3-6-9-7(10)4-5-8(11)12-2/h3-5H,1,6H2,2H3,(H,9,10)/b5-4+. The van der Waals surface area contributed by atoms with Gasteiger partial charge in [-0.25, -0.2) is 4.79 Å². The number of esters is 1. The van der Waals surface area contributed by atoms with E-state index < -0.39 is 5.97 Å². The van der Waals surface area contributed by atoms with Crippen molar-refractivity contribution < 1.29 is 14.3 Å². The summed E-state index contributed by atoms with van der Waals surface area (Å²) in [5, 5.41) is 2.46. The van der Waals surface area contributed by atoms with Crippen molar-refractivity contribution in [3.05, 3.63) is 24.8 Å². The van der Waals surface area contributed by atoms with E-state index in [2.05, 4.69) is 16.6 Å². The van der Waals surface area contributed by atoms with Gasteiger partial charge in [0.2, 0.25) is 5.91 Å². The van der Waals surface area contributed by atoms with E-state index in [9.17, 15) is 9.59 Å². The van der Waals surface area contributed by atoms with Crippen LogP contribution in [0.15, 0.2) is 24.8 Å². The minimum Gasteiger partial charge on any atom is -0.466 e. The van der Waals surface area contributed by atoms with Crippen LogP contribution in [-0.2, 0) is 14.3 Å². The van der Waals surface area contributed by atoms with E-state index in [-0.39, 0.29) is 5.91 Å². The summed E-state index contributed by atoms with van der Waals surface area (Å²) in [5.41, 5.74) is 0. The van der Waals surface area contributed by atoms with Crippen molar-refractivity contribution in [2.24, 2.45) is 0 Å². The van der Waals surface area contributed by atoms with E-state index in [1.807, 2.05) is 0 Å². The molecule has 0 aliphatic heterocycles. The summed E-state index contributed by atoms with van der Waals surface area (Å²) in [6, 6.07) is 0. The molecule has 1 N–H and O–H groups in total. The maximum Gasteiger partial charge on any atom is 0.330 e. The Hall–Kier alpha value is -1.58. The number of amides is 1. The predicted molar refractivity (Wildman–Crippen MR) is 44.4 cm³/mol. The third-order valence-corrected chi connectivity index (χ3v) is 0.993. The summed E-state index contributed by atoms with van der Waals surface area (Å²) in [4.78, 5) is 21.2. The molecule has 0 aromatic carbocycles. The number of methoxy groups -OCH3 is 1. The minimum atomic E-state index is -0.552. The highest BCUT2D eigenvalue weighted by atomic mass is 16.5. The zero-order valence-corrected chi connectivity index (χ0v) is 6.87. The lowest BCUT2D eigenvalue weighted by atomic mass is 10.4. The van der Waals surface area contributed by atoms with Gasteiger partial charge in [-0.15, -0.1) is 6.58 Å². The first-order valence-corrected chi connectivity index (χ1v) is 3.35. The molecule has 0 saturated carbocycles. The number of carbonyl (C=O) groups excluding carboxylic acids is 2. The molecule has 0 aromatic heterocycles. The van der Waals surface area contributed by atoms with Crippen LogP contribution in [0.4, 0.5) is 0 Å². The zero-order valence-electron chi connectivity index (χ0n) is 6.87. The Bertz CT molecular complexity index is 208. The van der Waals surface area contributed by atoms with E-state index in [1.54, 1.807) is 6.08 Å². The summed E-state index contributed by atoms with van der Waals surface area (Å²) >= 11 is 0. The van der Waals surface area contributed by atoms with Gasteiger partial charge in [-0.3, -0.25) is 4.79 Å². The largest absolute Gasteiger partial charge is 0.466 e. The van der Waals surface area contributed by atoms with Gasteiger partial charge in [0, 0.05) is 18.7 Å². The van der Waals surface area contributed by atoms with Gasteiger partial charge in [-0.2, -0.15) is 0 Å². The van der Waals surface area contributed by atoms with Gasteiger partial charge in [0.15, 0.2) is 0 Å². The highest BCUT2D eigenvalue weighted by molar-refractivity contribution is 5.94. The molecule has 0 unspecified atom stereocenters. The maximum atomic E-state index is 10.8. The molecule has 0 radical (unpaired) electrons. The van der Waals surface area contributed by atoms with E-state index in [0.717, 1.165) is 12.2 Å². The molecule has 0 fully saturated rings. The maximum absolute atomic E-state index is 10.8. The predicted octanol–water partition coefficient (Wildman–Crippen LogP) is 0.0178. The van der Waals surface area contributed by atoms with Crippen LogP contribution in [0.25, 0.3) is 0 Å². The van der Waals surface area contributed by atoms with E-state index in [1.165, 1.54) is 7.11 Å². The van der Waals surface area contributed by atoms with Gasteiger partial charge in [-0.05, 0) is 0 Å². The van der Waals surface area contributed by atoms with E-state index >= 15 is 0 Å². The topological polar surface area (TPSA) is 55.4 Å². The number of ether oxygens (including phenoxy) is 1. The Morgan fingerprint density at radius 2 is 2.17 bits per heavy atom. The first-order valence-electron chi connectivity index (χ1n) is 3.35. The van der Waals surface area contributed by atoms with Gasteiger partial charge < -0.3 is 10.1 Å². The van der Waals surface area contributed by atoms with Crippen LogP contribution >= 0.6 is 0 Å². The molecule has 0 rings (SSSR count). The van der Waals surface area contributed by atoms with Crippen LogP contribution in [-0.4, -0.2) is 25.5 Å². The SMILES string of the molecule is C=CCNC(=O)/C=C/C(=O)OC. The van der Waals surface area contributed by atoms with Crippen LogP contribution in [0.1, 0.15) is 0 Å². The van der Waals surface area contributed by atoms with Gasteiger partial charge in [0.05, 0.1) is 7.11 Å². The fourth-order valence-electron chi connectivity index (χ4n) is 0.443. The zero-order chi connectivity index (χ0) is 9.40. The second kappa shape index (κ2) is 6.15. The normalized spacial score (nSPS) is 9.42. The smallest absolute Gasteiger partial charge is 0.330 e. The third kappa shape index (κ3) is 5.22. The monoisotopic (exact) mass is 169 g/mol. The molecule has 0 aromatic rings. The summed E-state index contributed by atoms with van der Waals surface area (Å²) in [6.07, 6.45) is 3.71. The van der Waals surface area contributed by atoms with E-state index in [0.29, 0.717) is 6.54 Å². The number of nitrogens with one attached hydrogen (secondary N) is 1. The van der Waals surface area contributed by atoms with Crippen LogP contribution in [0.3, 0.4) is 0 Å². The molecule has 1 amide bonds. The molecule has 0 bridgehead atoms. The molecular formula is C8H11NO3. The highest BCUT2D eigenvalue weighted by Gasteiger charge is 1.94. The van der Waals surface area contributed by atoms with Crippen LogP contribution in [0.2, 0.25) is 0 Å². The Morgan fingerprint density at radius 3 is 2.67 bits per heavy atom. The highest BCUT2D eigenvalue weighted by Crippen LogP contribution is 1.78. The summed E-state index contributed by atoms with van der Waals surface area (Å²) < 4.78 is 4.28. The summed E-state index contributed by atoms with van der Waals surface area (Å²) in [7, 11) is 1.24. The first kappa shape index (κ1) is 10.4.